The molecule has 1 unspecified atom stereocenters. The predicted octanol–water partition coefficient (Wildman–Crippen LogP) is -0.864. The molecule has 78 valence electrons. The van der Waals surface area contributed by atoms with Crippen molar-refractivity contribution in [2.24, 2.45) is 11.5 Å². The highest BCUT2D eigenvalue weighted by Crippen LogP contribution is 2.21. The van der Waals surface area contributed by atoms with Crippen molar-refractivity contribution in [2.45, 2.75) is 31.3 Å². The molecule has 0 saturated carbocycles. The minimum atomic E-state index is -1.56. The zero-order valence-corrected chi connectivity index (χ0v) is 7.74. The SMILES string of the molecule is NCCCCC(N)C1(O)OCCO1. The van der Waals surface area contributed by atoms with Crippen LogP contribution in [0.15, 0.2) is 0 Å². The van der Waals surface area contributed by atoms with Crippen molar-refractivity contribution < 1.29 is 14.6 Å². The first-order valence-electron chi connectivity index (χ1n) is 4.65. The molecular formula is C8H18N2O3. The van der Waals surface area contributed by atoms with Gasteiger partial charge in [0.05, 0.1) is 19.3 Å². The van der Waals surface area contributed by atoms with Gasteiger partial charge in [-0.1, -0.05) is 6.42 Å². The largest absolute Gasteiger partial charge is 0.342 e. The summed E-state index contributed by atoms with van der Waals surface area (Å²) in [5.74, 6) is -1.56. The minimum Gasteiger partial charge on any atom is -0.342 e. The summed E-state index contributed by atoms with van der Waals surface area (Å²) >= 11 is 0. The van der Waals surface area contributed by atoms with Crippen LogP contribution in [0.2, 0.25) is 0 Å². The van der Waals surface area contributed by atoms with Crippen LogP contribution in [0, 0.1) is 0 Å². The zero-order valence-electron chi connectivity index (χ0n) is 7.74. The van der Waals surface area contributed by atoms with Crippen LogP contribution in [0.4, 0.5) is 0 Å². The fourth-order valence-electron chi connectivity index (χ4n) is 1.32. The Kier molecular flexibility index (Phi) is 4.08. The van der Waals surface area contributed by atoms with Gasteiger partial charge in [-0.3, -0.25) is 0 Å². The van der Waals surface area contributed by atoms with Gasteiger partial charge in [0.2, 0.25) is 0 Å². The average Bonchev–Trinajstić information content (AvgIpc) is 2.54. The van der Waals surface area contributed by atoms with Crippen molar-refractivity contribution >= 4 is 0 Å². The molecule has 0 spiro atoms. The highest BCUT2D eigenvalue weighted by molar-refractivity contribution is 4.75. The van der Waals surface area contributed by atoms with Gasteiger partial charge in [0, 0.05) is 0 Å². The van der Waals surface area contributed by atoms with Crippen molar-refractivity contribution in [3.8, 4) is 0 Å². The average molecular weight is 190 g/mol. The Hall–Kier alpha value is -0.200. The van der Waals surface area contributed by atoms with Gasteiger partial charge in [-0.25, -0.2) is 0 Å². The van der Waals surface area contributed by atoms with E-state index in [2.05, 4.69) is 0 Å². The number of rotatable bonds is 5. The molecule has 1 aliphatic rings. The van der Waals surface area contributed by atoms with E-state index < -0.39 is 12.0 Å². The smallest absolute Gasteiger partial charge is 0.296 e. The van der Waals surface area contributed by atoms with E-state index in [1.807, 2.05) is 0 Å². The van der Waals surface area contributed by atoms with E-state index in [1.165, 1.54) is 0 Å². The van der Waals surface area contributed by atoms with Crippen LogP contribution in [0.5, 0.6) is 0 Å². The quantitative estimate of drug-likeness (QED) is 0.490. The van der Waals surface area contributed by atoms with Crippen LogP contribution in [-0.4, -0.2) is 36.9 Å². The van der Waals surface area contributed by atoms with Crippen molar-refractivity contribution in [3.05, 3.63) is 0 Å². The van der Waals surface area contributed by atoms with Crippen LogP contribution in [0.1, 0.15) is 19.3 Å². The Bertz CT molecular complexity index is 148. The summed E-state index contributed by atoms with van der Waals surface area (Å²) in [5.41, 5.74) is 11.0. The molecule has 0 amide bonds. The predicted molar refractivity (Wildman–Crippen MR) is 47.7 cm³/mol. The Morgan fingerprint density at radius 1 is 1.31 bits per heavy atom. The summed E-state index contributed by atoms with van der Waals surface area (Å²) in [6, 6.07) is -0.485. The van der Waals surface area contributed by atoms with Gasteiger partial charge in [0.15, 0.2) is 0 Å². The van der Waals surface area contributed by atoms with Gasteiger partial charge in [0.25, 0.3) is 5.97 Å². The summed E-state index contributed by atoms with van der Waals surface area (Å²) in [5, 5.41) is 9.66. The molecule has 13 heavy (non-hydrogen) atoms. The lowest BCUT2D eigenvalue weighted by Gasteiger charge is -2.26. The third-order valence-electron chi connectivity index (χ3n) is 2.14. The van der Waals surface area contributed by atoms with Crippen LogP contribution < -0.4 is 11.5 Å². The molecule has 1 atom stereocenters. The molecule has 1 heterocycles. The second-order valence-electron chi connectivity index (χ2n) is 3.22. The van der Waals surface area contributed by atoms with Gasteiger partial charge < -0.3 is 26.0 Å². The topological polar surface area (TPSA) is 90.7 Å². The summed E-state index contributed by atoms with van der Waals surface area (Å²) in [6.07, 6.45) is 2.45. The van der Waals surface area contributed by atoms with E-state index in [0.717, 1.165) is 12.8 Å². The Morgan fingerprint density at radius 3 is 2.46 bits per heavy atom. The van der Waals surface area contributed by atoms with E-state index in [4.69, 9.17) is 20.9 Å². The fourth-order valence-corrected chi connectivity index (χ4v) is 1.32. The molecule has 5 N–H and O–H groups in total. The maximum atomic E-state index is 9.66. The van der Waals surface area contributed by atoms with Crippen molar-refractivity contribution in [3.63, 3.8) is 0 Å². The number of ether oxygens (including phenoxy) is 2. The Balaban J connectivity index is 2.24. The molecule has 0 radical (unpaired) electrons. The molecule has 1 rings (SSSR count). The molecule has 0 aromatic heterocycles. The standard InChI is InChI=1S/C8H18N2O3/c9-4-2-1-3-7(10)8(11)12-5-6-13-8/h7,11H,1-6,9-10H2. The van der Waals surface area contributed by atoms with Crippen molar-refractivity contribution in [1.29, 1.82) is 0 Å². The lowest BCUT2D eigenvalue weighted by molar-refractivity contribution is -0.317. The first-order valence-corrected chi connectivity index (χ1v) is 4.65. The zero-order chi connectivity index (χ0) is 9.73. The molecule has 5 nitrogen and oxygen atoms in total. The van der Waals surface area contributed by atoms with E-state index in [9.17, 15) is 5.11 Å². The first-order chi connectivity index (χ1) is 6.19. The normalized spacial score (nSPS) is 23.3. The van der Waals surface area contributed by atoms with Gasteiger partial charge in [-0.05, 0) is 19.4 Å². The number of aliphatic hydroxyl groups is 1. The lowest BCUT2D eigenvalue weighted by Crippen LogP contribution is -2.49. The van der Waals surface area contributed by atoms with Gasteiger partial charge in [-0.2, -0.15) is 0 Å². The van der Waals surface area contributed by atoms with E-state index in [0.29, 0.717) is 26.2 Å². The summed E-state index contributed by atoms with van der Waals surface area (Å²) in [7, 11) is 0. The van der Waals surface area contributed by atoms with E-state index in [1.54, 1.807) is 0 Å². The Morgan fingerprint density at radius 2 is 1.92 bits per heavy atom. The van der Waals surface area contributed by atoms with Crippen LogP contribution in [0.25, 0.3) is 0 Å². The third-order valence-corrected chi connectivity index (χ3v) is 2.14. The lowest BCUT2D eigenvalue weighted by atomic mass is 10.1. The van der Waals surface area contributed by atoms with Crippen LogP contribution in [0.3, 0.4) is 0 Å². The Labute approximate surface area is 78.0 Å². The monoisotopic (exact) mass is 190 g/mol. The second-order valence-corrected chi connectivity index (χ2v) is 3.22. The van der Waals surface area contributed by atoms with Crippen LogP contribution in [-0.2, 0) is 9.47 Å². The van der Waals surface area contributed by atoms with Crippen molar-refractivity contribution in [1.82, 2.24) is 0 Å². The second kappa shape index (κ2) is 4.88. The fraction of sp³-hybridized carbons (Fsp3) is 1.00. The molecule has 1 fully saturated rings. The van der Waals surface area contributed by atoms with Crippen LogP contribution >= 0.6 is 0 Å². The number of hydrogen-bond donors (Lipinski definition) is 3. The van der Waals surface area contributed by atoms with E-state index >= 15 is 0 Å². The number of nitrogens with two attached hydrogens (primary N) is 2. The molecule has 0 bridgehead atoms. The molecule has 0 aromatic rings. The molecule has 1 saturated heterocycles. The van der Waals surface area contributed by atoms with E-state index in [-0.39, 0.29) is 0 Å². The minimum absolute atomic E-state index is 0.404. The summed E-state index contributed by atoms with van der Waals surface area (Å²) in [4.78, 5) is 0. The highest BCUT2D eigenvalue weighted by atomic mass is 16.8. The molecular weight excluding hydrogens is 172 g/mol. The number of unbranched alkanes of at least 4 members (excludes halogenated alkanes) is 1. The third kappa shape index (κ3) is 2.89. The highest BCUT2D eigenvalue weighted by Gasteiger charge is 2.40. The van der Waals surface area contributed by atoms with Crippen molar-refractivity contribution in [2.75, 3.05) is 19.8 Å². The maximum Gasteiger partial charge on any atom is 0.296 e. The molecule has 5 heteroatoms. The van der Waals surface area contributed by atoms with Gasteiger partial charge in [0.1, 0.15) is 0 Å². The van der Waals surface area contributed by atoms with Gasteiger partial charge in [-0.15, -0.1) is 0 Å². The summed E-state index contributed by atoms with van der Waals surface area (Å²) < 4.78 is 10.0. The number of hydrogen-bond acceptors (Lipinski definition) is 5. The maximum absolute atomic E-state index is 9.66. The molecule has 0 aromatic carbocycles. The molecule has 0 aliphatic carbocycles. The molecule has 1 aliphatic heterocycles. The first kappa shape index (κ1) is 10.9. The summed E-state index contributed by atoms with van der Waals surface area (Å²) in [6.45, 7) is 1.45. The van der Waals surface area contributed by atoms with Gasteiger partial charge >= 0.3 is 0 Å².